The number of hydrogen-bond donors (Lipinski definition) is 1. The van der Waals surface area contributed by atoms with Gasteiger partial charge in [-0.05, 0) is 55.4 Å². The van der Waals surface area contributed by atoms with Crippen LogP contribution in [0.25, 0.3) is 0 Å². The fourth-order valence-electron chi connectivity index (χ4n) is 3.84. The fourth-order valence-corrected chi connectivity index (χ4v) is 4.68. The van der Waals surface area contributed by atoms with E-state index in [4.69, 9.17) is 0 Å². The van der Waals surface area contributed by atoms with E-state index < -0.39 is 10.0 Å². The van der Waals surface area contributed by atoms with Gasteiger partial charge in [0.25, 0.3) is 10.0 Å². The minimum Gasteiger partial charge on any atom is -0.200 e. The molecule has 2 atom stereocenters. The number of rotatable bonds is 3. The van der Waals surface area contributed by atoms with Crippen LogP contribution in [0.2, 0.25) is 0 Å². The molecule has 2 bridgehead atoms. The van der Waals surface area contributed by atoms with E-state index in [9.17, 15) is 8.42 Å². The maximum absolute atomic E-state index is 12.4. The molecule has 0 aromatic heterocycles. The first-order valence-corrected chi connectivity index (χ1v) is 9.76. The maximum atomic E-state index is 12.4. The molecule has 4 nitrogen and oxygen atoms in total. The topological polar surface area (TPSA) is 58.5 Å². The van der Waals surface area contributed by atoms with Crippen LogP contribution in [0.5, 0.6) is 0 Å². The molecule has 3 aliphatic rings. The summed E-state index contributed by atoms with van der Waals surface area (Å²) in [6.07, 6.45) is 3.05. The summed E-state index contributed by atoms with van der Waals surface area (Å²) in [6.45, 7) is 1.93. The zero-order valence-corrected chi connectivity index (χ0v) is 14.4. The first kappa shape index (κ1) is 15.4. The third-order valence-corrected chi connectivity index (χ3v) is 6.34. The highest BCUT2D eigenvalue weighted by Gasteiger charge is 2.37. The lowest BCUT2D eigenvalue weighted by atomic mass is 9.66. The Balaban J connectivity index is 1.60. The van der Waals surface area contributed by atoms with Crippen molar-refractivity contribution in [2.75, 3.05) is 0 Å². The van der Waals surface area contributed by atoms with E-state index in [0.29, 0.717) is 5.92 Å². The van der Waals surface area contributed by atoms with Crippen molar-refractivity contribution < 1.29 is 8.42 Å². The first-order chi connectivity index (χ1) is 11.5. The van der Waals surface area contributed by atoms with Gasteiger partial charge in [-0.15, -0.1) is 0 Å². The van der Waals surface area contributed by atoms with Crippen molar-refractivity contribution >= 4 is 15.7 Å². The van der Waals surface area contributed by atoms with Crippen LogP contribution in [0.3, 0.4) is 0 Å². The van der Waals surface area contributed by atoms with E-state index in [-0.39, 0.29) is 10.8 Å². The standard InChI is InChI=1S/C19H20N2O2S/c1-13-6-9-15(10-7-13)24(22,23)21-20-19-12-14-8-11-18(19)17-5-3-2-4-16(14)17/h2-7,9-10,14,18,21H,8,11-12H2,1H3/b20-19-/t14-,18+/m1/s1. The summed E-state index contributed by atoms with van der Waals surface area (Å²) in [7, 11) is -3.61. The summed E-state index contributed by atoms with van der Waals surface area (Å²) in [4.78, 5) is 2.69. The van der Waals surface area contributed by atoms with Crippen molar-refractivity contribution in [1.29, 1.82) is 0 Å². The largest absolute Gasteiger partial charge is 0.276 e. The Bertz CT molecular complexity index is 901. The molecule has 24 heavy (non-hydrogen) atoms. The first-order valence-electron chi connectivity index (χ1n) is 8.28. The van der Waals surface area contributed by atoms with Crippen LogP contribution in [0.15, 0.2) is 58.5 Å². The third-order valence-electron chi connectivity index (χ3n) is 5.11. The molecule has 1 saturated carbocycles. The van der Waals surface area contributed by atoms with Crippen LogP contribution in [-0.2, 0) is 10.0 Å². The molecule has 0 amide bonds. The van der Waals surface area contributed by atoms with Crippen molar-refractivity contribution in [3.63, 3.8) is 0 Å². The van der Waals surface area contributed by atoms with Gasteiger partial charge in [0.15, 0.2) is 0 Å². The van der Waals surface area contributed by atoms with Crippen molar-refractivity contribution in [1.82, 2.24) is 4.83 Å². The molecule has 5 rings (SSSR count). The molecular formula is C19H20N2O2S. The summed E-state index contributed by atoms with van der Waals surface area (Å²) in [5.74, 6) is 0.709. The average Bonchev–Trinajstić information content (AvgIpc) is 2.61. The molecule has 0 saturated heterocycles. The molecule has 0 heterocycles. The Morgan fingerprint density at radius 3 is 2.46 bits per heavy atom. The highest BCUT2D eigenvalue weighted by Crippen LogP contribution is 2.47. The molecule has 1 fully saturated rings. The van der Waals surface area contributed by atoms with Crippen molar-refractivity contribution in [3.05, 3.63) is 65.2 Å². The number of sulfonamides is 1. The monoisotopic (exact) mass is 340 g/mol. The minimum atomic E-state index is -3.61. The predicted octanol–water partition coefficient (Wildman–Crippen LogP) is 3.69. The predicted molar refractivity (Wildman–Crippen MR) is 94.7 cm³/mol. The molecular weight excluding hydrogens is 320 g/mol. The lowest BCUT2D eigenvalue weighted by Gasteiger charge is -2.39. The lowest BCUT2D eigenvalue weighted by molar-refractivity contribution is 0.496. The van der Waals surface area contributed by atoms with Crippen molar-refractivity contribution in [2.45, 2.75) is 42.9 Å². The van der Waals surface area contributed by atoms with Crippen LogP contribution in [0, 0.1) is 6.92 Å². The smallest absolute Gasteiger partial charge is 0.200 e. The van der Waals surface area contributed by atoms with Crippen LogP contribution in [0.1, 0.15) is 47.8 Å². The summed E-state index contributed by atoms with van der Waals surface area (Å²) >= 11 is 0. The van der Waals surface area contributed by atoms with Gasteiger partial charge in [0, 0.05) is 11.6 Å². The van der Waals surface area contributed by atoms with E-state index in [2.05, 4.69) is 28.1 Å². The van der Waals surface area contributed by atoms with Crippen molar-refractivity contribution in [3.8, 4) is 0 Å². The summed E-state index contributed by atoms with van der Waals surface area (Å²) < 4.78 is 24.8. The number of hydrazone groups is 1. The minimum absolute atomic E-state index is 0.243. The Morgan fingerprint density at radius 1 is 1.00 bits per heavy atom. The molecule has 124 valence electrons. The van der Waals surface area contributed by atoms with Gasteiger partial charge in [0.2, 0.25) is 0 Å². The average molecular weight is 340 g/mol. The molecule has 2 aromatic rings. The number of hydrogen-bond acceptors (Lipinski definition) is 3. The van der Waals surface area contributed by atoms with E-state index in [1.54, 1.807) is 24.3 Å². The second-order valence-corrected chi connectivity index (χ2v) is 8.33. The molecule has 0 aliphatic heterocycles. The van der Waals surface area contributed by atoms with E-state index >= 15 is 0 Å². The highest BCUT2D eigenvalue weighted by molar-refractivity contribution is 7.89. The van der Waals surface area contributed by atoms with Gasteiger partial charge in [-0.3, -0.25) is 0 Å². The molecule has 0 spiro atoms. The Labute approximate surface area is 142 Å². The number of nitrogens with one attached hydrogen (secondary N) is 1. The zero-order valence-electron chi connectivity index (χ0n) is 13.6. The highest BCUT2D eigenvalue weighted by atomic mass is 32.2. The van der Waals surface area contributed by atoms with E-state index in [0.717, 1.165) is 30.5 Å². The zero-order chi connectivity index (χ0) is 16.7. The molecule has 1 N–H and O–H groups in total. The van der Waals surface area contributed by atoms with Crippen LogP contribution < -0.4 is 4.83 Å². The number of benzene rings is 2. The Kier molecular flexibility index (Phi) is 3.68. The molecule has 5 heteroatoms. The van der Waals surface area contributed by atoms with Gasteiger partial charge < -0.3 is 0 Å². The van der Waals surface area contributed by atoms with Gasteiger partial charge in [-0.2, -0.15) is 13.5 Å². The quantitative estimate of drug-likeness (QED) is 0.866. The van der Waals surface area contributed by atoms with Gasteiger partial charge >= 0.3 is 0 Å². The maximum Gasteiger partial charge on any atom is 0.276 e. The second-order valence-electron chi connectivity index (χ2n) is 6.67. The van der Waals surface area contributed by atoms with Gasteiger partial charge in [0.05, 0.1) is 4.90 Å². The van der Waals surface area contributed by atoms with Crippen molar-refractivity contribution in [2.24, 2.45) is 5.10 Å². The molecule has 2 aromatic carbocycles. The van der Waals surface area contributed by atoms with E-state index in [1.165, 1.54) is 11.1 Å². The third kappa shape index (κ3) is 2.63. The van der Waals surface area contributed by atoms with Gasteiger partial charge in [0.1, 0.15) is 0 Å². The Hall–Kier alpha value is -2.14. The summed E-state index contributed by atoms with van der Waals surface area (Å²) in [5.41, 5.74) is 4.71. The number of fused-ring (bicyclic) bond motifs is 2. The van der Waals surface area contributed by atoms with Crippen LogP contribution in [-0.4, -0.2) is 14.1 Å². The molecule has 3 aliphatic carbocycles. The van der Waals surface area contributed by atoms with E-state index in [1.807, 2.05) is 13.0 Å². The number of nitrogens with zero attached hydrogens (tertiary/aromatic N) is 1. The SMILES string of the molecule is Cc1ccc(S(=O)(=O)N/N=C2/C[C@H]3CC[C@H]2c2ccccc23)cc1. The Morgan fingerprint density at radius 2 is 1.71 bits per heavy atom. The molecule has 0 unspecified atom stereocenters. The fraction of sp³-hybridized carbons (Fsp3) is 0.316. The number of aryl methyl sites for hydroxylation is 1. The normalized spacial score (nSPS) is 24.0. The second kappa shape index (κ2) is 5.74. The van der Waals surface area contributed by atoms with Gasteiger partial charge in [-0.25, -0.2) is 4.83 Å². The lowest BCUT2D eigenvalue weighted by Crippen LogP contribution is -2.32. The van der Waals surface area contributed by atoms with Gasteiger partial charge in [-0.1, -0.05) is 42.0 Å². The van der Waals surface area contributed by atoms with Crippen LogP contribution in [0.4, 0.5) is 0 Å². The summed E-state index contributed by atoms with van der Waals surface area (Å²) in [6, 6.07) is 15.3. The summed E-state index contributed by atoms with van der Waals surface area (Å²) in [5, 5.41) is 4.31. The van der Waals surface area contributed by atoms with Crippen LogP contribution >= 0.6 is 0 Å². The molecule has 0 radical (unpaired) electrons.